The molecule has 0 heterocycles. The molecule has 0 N–H and O–H groups in total. The Balaban J connectivity index is 3.33. The van der Waals surface area contributed by atoms with Crippen LogP contribution < -0.4 is 0 Å². The smallest absolute Gasteiger partial charge is 0.419 e. The molecule has 0 rings (SSSR count). The first kappa shape index (κ1) is 24.6. The van der Waals surface area contributed by atoms with E-state index in [4.69, 9.17) is 4.74 Å². The van der Waals surface area contributed by atoms with Crippen LogP contribution in [0.4, 0.5) is 4.79 Å². The minimum Gasteiger partial charge on any atom is -0.449 e. The molecule has 4 heteroatoms. The monoisotopic (exact) mass is 373 g/mol. The molecule has 0 spiro atoms. The molecular weight excluding hydrogens is 330 g/mol. The van der Waals surface area contributed by atoms with Gasteiger partial charge >= 0.3 is 6.09 Å². The predicted molar refractivity (Wildman–Crippen MR) is 112 cm³/mol. The van der Waals surface area contributed by atoms with Gasteiger partial charge in [0.05, 0.1) is 6.61 Å². The second-order valence-electron chi connectivity index (χ2n) is 7.19. The molecule has 0 unspecified atom stereocenters. The third kappa shape index (κ3) is 18.2. The Kier molecular flexibility index (Phi) is 19.6. The SMILES string of the molecule is CCCCCCCCCCOC(=O)N(S)CCCCCCCCCC. The number of nitrogens with zero attached hydrogens (tertiary/aromatic N) is 1. The molecule has 0 aromatic rings. The normalized spacial score (nSPS) is 10.8. The first-order valence-electron chi connectivity index (χ1n) is 10.9. The molecule has 0 aliphatic heterocycles. The van der Waals surface area contributed by atoms with Gasteiger partial charge in [-0.1, -0.05) is 117 Å². The lowest BCUT2D eigenvalue weighted by Gasteiger charge is -2.15. The number of amides is 1. The summed E-state index contributed by atoms with van der Waals surface area (Å²) in [6.07, 6.45) is 19.9. The highest BCUT2D eigenvalue weighted by Crippen LogP contribution is 2.11. The number of hydrogen-bond donors (Lipinski definition) is 1. The van der Waals surface area contributed by atoms with E-state index in [1.165, 1.54) is 87.8 Å². The number of unbranched alkanes of at least 4 members (excludes halogenated alkanes) is 14. The number of hydrogen-bond acceptors (Lipinski definition) is 3. The lowest BCUT2D eigenvalue weighted by atomic mass is 10.1. The summed E-state index contributed by atoms with van der Waals surface area (Å²) in [5.41, 5.74) is 0. The molecule has 0 atom stereocenters. The van der Waals surface area contributed by atoms with Crippen LogP contribution in [0.15, 0.2) is 0 Å². The minimum atomic E-state index is -0.283. The second kappa shape index (κ2) is 19.9. The van der Waals surface area contributed by atoms with E-state index < -0.39 is 0 Å². The Labute approximate surface area is 162 Å². The van der Waals surface area contributed by atoms with Gasteiger partial charge in [-0.05, 0) is 12.8 Å². The van der Waals surface area contributed by atoms with Crippen LogP contribution in [0.25, 0.3) is 0 Å². The highest BCUT2D eigenvalue weighted by atomic mass is 32.1. The Morgan fingerprint density at radius 3 is 1.56 bits per heavy atom. The predicted octanol–water partition coefficient (Wildman–Crippen LogP) is 7.55. The van der Waals surface area contributed by atoms with Crippen molar-refractivity contribution in [3.8, 4) is 0 Å². The molecule has 25 heavy (non-hydrogen) atoms. The summed E-state index contributed by atoms with van der Waals surface area (Å²) in [5, 5.41) is 0. The van der Waals surface area contributed by atoms with Gasteiger partial charge in [-0.3, -0.25) is 4.31 Å². The van der Waals surface area contributed by atoms with Crippen LogP contribution >= 0.6 is 12.8 Å². The number of carbonyl (C=O) groups excluding carboxylic acids is 1. The van der Waals surface area contributed by atoms with E-state index in [1.807, 2.05) is 0 Å². The van der Waals surface area contributed by atoms with Crippen molar-refractivity contribution in [3.05, 3.63) is 0 Å². The summed E-state index contributed by atoms with van der Waals surface area (Å²) in [4.78, 5) is 11.8. The quantitative estimate of drug-likeness (QED) is 0.198. The molecule has 150 valence electrons. The number of carbonyl (C=O) groups is 1. The van der Waals surface area contributed by atoms with Crippen LogP contribution in [0.2, 0.25) is 0 Å². The Morgan fingerprint density at radius 2 is 1.08 bits per heavy atom. The van der Waals surface area contributed by atoms with Gasteiger partial charge in [0.25, 0.3) is 0 Å². The summed E-state index contributed by atoms with van der Waals surface area (Å²) in [6, 6.07) is 0. The fourth-order valence-electron chi connectivity index (χ4n) is 2.96. The third-order valence-corrected chi connectivity index (χ3v) is 5.02. The van der Waals surface area contributed by atoms with E-state index in [2.05, 4.69) is 26.7 Å². The van der Waals surface area contributed by atoms with Crippen LogP contribution in [0, 0.1) is 0 Å². The molecule has 0 aromatic carbocycles. The standard InChI is InChI=1S/C21H43NO2S/c1-3-5-7-9-11-13-15-17-19-22(25)21(23)24-20-18-16-14-12-10-8-6-4-2/h25H,3-20H2,1-2H3. The van der Waals surface area contributed by atoms with Gasteiger partial charge in [-0.25, -0.2) is 4.79 Å². The largest absolute Gasteiger partial charge is 0.449 e. The van der Waals surface area contributed by atoms with Crippen molar-refractivity contribution >= 4 is 18.9 Å². The van der Waals surface area contributed by atoms with E-state index in [-0.39, 0.29) is 6.09 Å². The maximum Gasteiger partial charge on any atom is 0.419 e. The highest BCUT2D eigenvalue weighted by molar-refractivity contribution is 7.78. The van der Waals surface area contributed by atoms with Crippen LogP contribution in [0.5, 0.6) is 0 Å². The van der Waals surface area contributed by atoms with Crippen molar-refractivity contribution in [1.82, 2.24) is 4.31 Å². The second-order valence-corrected chi connectivity index (χ2v) is 7.67. The van der Waals surface area contributed by atoms with E-state index >= 15 is 0 Å². The molecule has 0 aliphatic rings. The highest BCUT2D eigenvalue weighted by Gasteiger charge is 2.10. The van der Waals surface area contributed by atoms with Gasteiger partial charge in [0, 0.05) is 6.54 Å². The molecule has 0 radical (unpaired) electrons. The fourth-order valence-corrected chi connectivity index (χ4v) is 3.16. The zero-order valence-electron chi connectivity index (χ0n) is 16.9. The van der Waals surface area contributed by atoms with Gasteiger partial charge in [-0.2, -0.15) is 0 Å². The van der Waals surface area contributed by atoms with E-state index in [0.29, 0.717) is 13.2 Å². The van der Waals surface area contributed by atoms with Gasteiger partial charge in [0.2, 0.25) is 0 Å². The van der Waals surface area contributed by atoms with Crippen molar-refractivity contribution in [2.75, 3.05) is 13.2 Å². The molecule has 0 saturated carbocycles. The van der Waals surface area contributed by atoms with Crippen LogP contribution in [-0.2, 0) is 4.74 Å². The maximum absolute atomic E-state index is 11.8. The minimum absolute atomic E-state index is 0.283. The summed E-state index contributed by atoms with van der Waals surface area (Å²) in [5.74, 6) is 0. The number of ether oxygens (including phenoxy) is 1. The van der Waals surface area contributed by atoms with Crippen molar-refractivity contribution < 1.29 is 9.53 Å². The molecule has 0 aromatic heterocycles. The average molecular weight is 374 g/mol. The van der Waals surface area contributed by atoms with Crippen molar-refractivity contribution in [2.24, 2.45) is 0 Å². The van der Waals surface area contributed by atoms with Crippen LogP contribution in [0.1, 0.15) is 117 Å². The van der Waals surface area contributed by atoms with Gasteiger partial charge in [-0.15, -0.1) is 0 Å². The fraction of sp³-hybridized carbons (Fsp3) is 0.952. The first-order chi connectivity index (χ1) is 12.2. The van der Waals surface area contributed by atoms with Gasteiger partial charge < -0.3 is 4.74 Å². The lowest BCUT2D eigenvalue weighted by Crippen LogP contribution is -2.24. The van der Waals surface area contributed by atoms with Crippen molar-refractivity contribution in [1.29, 1.82) is 0 Å². The van der Waals surface area contributed by atoms with E-state index in [9.17, 15) is 4.79 Å². The Morgan fingerprint density at radius 1 is 0.680 bits per heavy atom. The lowest BCUT2D eigenvalue weighted by molar-refractivity contribution is 0.126. The molecule has 1 amide bonds. The number of rotatable bonds is 18. The topological polar surface area (TPSA) is 29.5 Å². The van der Waals surface area contributed by atoms with Gasteiger partial charge in [0.15, 0.2) is 0 Å². The Hall–Kier alpha value is -0.380. The van der Waals surface area contributed by atoms with E-state index in [1.54, 1.807) is 0 Å². The molecule has 0 aliphatic carbocycles. The average Bonchev–Trinajstić information content (AvgIpc) is 2.62. The van der Waals surface area contributed by atoms with Crippen molar-refractivity contribution in [3.63, 3.8) is 0 Å². The molecule has 0 saturated heterocycles. The summed E-state index contributed by atoms with van der Waals surface area (Å²) >= 11 is 4.25. The first-order valence-corrected chi connectivity index (χ1v) is 11.3. The zero-order chi connectivity index (χ0) is 18.6. The molecular formula is C21H43NO2S. The van der Waals surface area contributed by atoms with Gasteiger partial charge in [0.1, 0.15) is 0 Å². The molecule has 0 bridgehead atoms. The maximum atomic E-state index is 11.8. The third-order valence-electron chi connectivity index (χ3n) is 4.66. The van der Waals surface area contributed by atoms with Crippen LogP contribution in [-0.4, -0.2) is 23.6 Å². The van der Waals surface area contributed by atoms with Crippen LogP contribution in [0.3, 0.4) is 0 Å². The van der Waals surface area contributed by atoms with Crippen molar-refractivity contribution in [2.45, 2.75) is 117 Å². The van der Waals surface area contributed by atoms with E-state index in [0.717, 1.165) is 19.3 Å². The summed E-state index contributed by atoms with van der Waals surface area (Å²) < 4.78 is 6.71. The number of thiol groups is 1. The zero-order valence-corrected chi connectivity index (χ0v) is 17.8. The Bertz CT molecular complexity index is 287. The summed E-state index contributed by atoms with van der Waals surface area (Å²) in [7, 11) is 0. The molecule has 3 nitrogen and oxygen atoms in total. The molecule has 0 fully saturated rings. The summed E-state index contributed by atoms with van der Waals surface area (Å²) in [6.45, 7) is 5.71.